The molecule has 5 heteroatoms. The van der Waals surface area contributed by atoms with Gasteiger partial charge in [-0.3, -0.25) is 9.59 Å². The Labute approximate surface area is 146 Å². The van der Waals surface area contributed by atoms with Crippen LogP contribution in [-0.2, 0) is 27.3 Å². The number of carbonyl (C=O) groups excluding carboxylic acids is 2. The molecule has 1 amide bonds. The number of amides is 1. The zero-order valence-electron chi connectivity index (χ0n) is 14.1. The smallest absolute Gasteiger partial charge is 0.326 e. The van der Waals surface area contributed by atoms with Gasteiger partial charge in [-0.25, -0.2) is 4.79 Å². The number of hydrogen-bond acceptors (Lipinski definition) is 3. The highest BCUT2D eigenvalue weighted by Gasteiger charge is 2.30. The van der Waals surface area contributed by atoms with Crippen LogP contribution >= 0.6 is 0 Å². The molecular formula is C20H21NO4. The number of benzene rings is 2. The van der Waals surface area contributed by atoms with E-state index in [4.69, 9.17) is 0 Å². The minimum atomic E-state index is -1.09. The number of hydrogen-bond donors (Lipinski definition) is 1. The highest BCUT2D eigenvalue weighted by molar-refractivity contribution is 5.98. The van der Waals surface area contributed by atoms with Gasteiger partial charge in [-0.1, -0.05) is 60.7 Å². The number of ketones is 1. The van der Waals surface area contributed by atoms with Crippen molar-refractivity contribution in [1.29, 1.82) is 0 Å². The number of Topliss-reactive ketones (excluding diaryl/α,β-unsaturated/α-hetero) is 1. The predicted molar refractivity (Wildman–Crippen MR) is 93.9 cm³/mol. The van der Waals surface area contributed by atoms with E-state index in [0.717, 1.165) is 11.1 Å². The van der Waals surface area contributed by atoms with E-state index >= 15 is 0 Å². The summed E-state index contributed by atoms with van der Waals surface area (Å²) in [6, 6.07) is 17.3. The minimum absolute atomic E-state index is 0.150. The molecule has 0 aliphatic carbocycles. The maximum absolute atomic E-state index is 12.5. The van der Waals surface area contributed by atoms with Gasteiger partial charge in [0.25, 0.3) is 0 Å². The fourth-order valence-electron chi connectivity index (χ4n) is 2.63. The molecule has 1 atom stereocenters. The summed E-state index contributed by atoms with van der Waals surface area (Å²) >= 11 is 0. The van der Waals surface area contributed by atoms with E-state index in [0.29, 0.717) is 0 Å². The second-order valence-electron chi connectivity index (χ2n) is 5.93. The zero-order chi connectivity index (χ0) is 18.2. The van der Waals surface area contributed by atoms with Crippen molar-refractivity contribution in [3.8, 4) is 0 Å². The first kappa shape index (κ1) is 18.4. The van der Waals surface area contributed by atoms with Gasteiger partial charge in [-0.05, 0) is 18.1 Å². The van der Waals surface area contributed by atoms with Crippen molar-refractivity contribution >= 4 is 17.7 Å². The van der Waals surface area contributed by atoms with Gasteiger partial charge in [0.05, 0.1) is 6.42 Å². The van der Waals surface area contributed by atoms with E-state index in [1.807, 2.05) is 60.7 Å². The quantitative estimate of drug-likeness (QED) is 0.750. The Kier molecular flexibility index (Phi) is 6.46. The zero-order valence-corrected chi connectivity index (χ0v) is 14.1. The molecule has 0 saturated heterocycles. The van der Waals surface area contributed by atoms with Gasteiger partial charge >= 0.3 is 5.97 Å². The number of nitrogens with zero attached hydrogens (tertiary/aromatic N) is 1. The molecule has 1 unspecified atom stereocenters. The molecule has 0 aliphatic rings. The summed E-state index contributed by atoms with van der Waals surface area (Å²) in [5, 5.41) is 9.69. The highest BCUT2D eigenvalue weighted by atomic mass is 16.4. The fourth-order valence-corrected chi connectivity index (χ4v) is 2.63. The largest absolute Gasteiger partial charge is 0.480 e. The summed E-state index contributed by atoms with van der Waals surface area (Å²) < 4.78 is 0. The van der Waals surface area contributed by atoms with E-state index in [2.05, 4.69) is 0 Å². The second-order valence-corrected chi connectivity index (χ2v) is 5.93. The molecule has 1 N–H and O–H groups in total. The highest BCUT2D eigenvalue weighted by Crippen LogP contribution is 2.15. The van der Waals surface area contributed by atoms with Crippen LogP contribution in [0.2, 0.25) is 0 Å². The van der Waals surface area contributed by atoms with Crippen molar-refractivity contribution in [3.05, 3.63) is 71.8 Å². The fraction of sp³-hybridized carbons (Fsp3) is 0.250. The number of rotatable bonds is 8. The van der Waals surface area contributed by atoms with Crippen LogP contribution in [0.5, 0.6) is 0 Å². The Morgan fingerprint density at radius 1 is 0.920 bits per heavy atom. The standard InChI is InChI=1S/C20H21NO4/c1-15(22)12-19(23)21(14-17-10-6-3-7-11-17)18(20(24)25)13-16-8-4-2-5-9-16/h2-11,18H,12-14H2,1H3,(H,24,25). The number of aliphatic carboxylic acids is 1. The maximum atomic E-state index is 12.5. The van der Waals surface area contributed by atoms with Crippen molar-refractivity contribution in [3.63, 3.8) is 0 Å². The summed E-state index contributed by atoms with van der Waals surface area (Å²) in [7, 11) is 0. The Morgan fingerprint density at radius 2 is 1.44 bits per heavy atom. The molecule has 0 bridgehead atoms. The van der Waals surface area contributed by atoms with Crippen LogP contribution in [-0.4, -0.2) is 33.7 Å². The summed E-state index contributed by atoms with van der Waals surface area (Å²) in [4.78, 5) is 37.0. The molecule has 0 radical (unpaired) electrons. The number of carboxylic acids is 1. The Bertz CT molecular complexity index is 728. The first-order chi connectivity index (χ1) is 12.0. The van der Waals surface area contributed by atoms with Gasteiger partial charge in [0.15, 0.2) is 0 Å². The SMILES string of the molecule is CC(=O)CC(=O)N(Cc1ccccc1)C(Cc1ccccc1)C(=O)O. The van der Waals surface area contributed by atoms with Gasteiger partial charge in [0.2, 0.25) is 5.91 Å². The average molecular weight is 339 g/mol. The van der Waals surface area contributed by atoms with Gasteiger partial charge < -0.3 is 10.0 Å². The van der Waals surface area contributed by atoms with Crippen LogP contribution in [0.3, 0.4) is 0 Å². The Morgan fingerprint density at radius 3 is 1.92 bits per heavy atom. The second kappa shape index (κ2) is 8.78. The molecule has 0 spiro atoms. The van der Waals surface area contributed by atoms with Gasteiger partial charge in [0, 0.05) is 13.0 Å². The summed E-state index contributed by atoms with van der Waals surface area (Å²) in [5.41, 5.74) is 1.64. The molecule has 0 heterocycles. The molecule has 0 saturated carbocycles. The monoisotopic (exact) mass is 339 g/mol. The molecule has 2 aromatic rings. The molecule has 0 aliphatic heterocycles. The molecule has 2 rings (SSSR count). The molecular weight excluding hydrogens is 318 g/mol. The number of carbonyl (C=O) groups is 3. The summed E-state index contributed by atoms with van der Waals surface area (Å²) in [6.45, 7) is 1.47. The lowest BCUT2D eigenvalue weighted by atomic mass is 10.0. The summed E-state index contributed by atoms with van der Waals surface area (Å²) in [5.74, 6) is -1.84. The van der Waals surface area contributed by atoms with Crippen molar-refractivity contribution in [2.24, 2.45) is 0 Å². The van der Waals surface area contributed by atoms with Crippen molar-refractivity contribution < 1.29 is 19.5 Å². The lowest BCUT2D eigenvalue weighted by Crippen LogP contribution is -2.46. The first-order valence-corrected chi connectivity index (χ1v) is 8.07. The lowest BCUT2D eigenvalue weighted by molar-refractivity contribution is -0.151. The van der Waals surface area contributed by atoms with Crippen LogP contribution in [0.25, 0.3) is 0 Å². The number of carboxylic acid groups (broad SMARTS) is 1. The topological polar surface area (TPSA) is 74.7 Å². The van der Waals surface area contributed by atoms with Crippen molar-refractivity contribution in [2.75, 3.05) is 0 Å². The normalized spacial score (nSPS) is 11.6. The van der Waals surface area contributed by atoms with E-state index in [-0.39, 0.29) is 25.2 Å². The molecule has 2 aromatic carbocycles. The maximum Gasteiger partial charge on any atom is 0.326 e. The van der Waals surface area contributed by atoms with E-state index < -0.39 is 17.9 Å². The third-order valence-corrected chi connectivity index (χ3v) is 3.85. The van der Waals surface area contributed by atoms with Crippen LogP contribution in [0.15, 0.2) is 60.7 Å². The summed E-state index contributed by atoms with van der Waals surface area (Å²) in [6.07, 6.45) is -0.113. The first-order valence-electron chi connectivity index (χ1n) is 8.07. The third-order valence-electron chi connectivity index (χ3n) is 3.85. The van der Waals surface area contributed by atoms with Gasteiger partial charge in [-0.15, -0.1) is 0 Å². The van der Waals surface area contributed by atoms with Crippen LogP contribution in [0, 0.1) is 0 Å². The molecule has 0 fully saturated rings. The van der Waals surface area contributed by atoms with E-state index in [1.165, 1.54) is 11.8 Å². The van der Waals surface area contributed by atoms with Crippen molar-refractivity contribution in [1.82, 2.24) is 4.90 Å². The molecule has 130 valence electrons. The van der Waals surface area contributed by atoms with E-state index in [9.17, 15) is 19.5 Å². The molecule has 5 nitrogen and oxygen atoms in total. The van der Waals surface area contributed by atoms with Gasteiger partial charge in [0.1, 0.15) is 11.8 Å². The minimum Gasteiger partial charge on any atom is -0.480 e. The van der Waals surface area contributed by atoms with Crippen LogP contribution in [0.4, 0.5) is 0 Å². The van der Waals surface area contributed by atoms with Gasteiger partial charge in [-0.2, -0.15) is 0 Å². The lowest BCUT2D eigenvalue weighted by Gasteiger charge is -2.29. The predicted octanol–water partition coefficient (Wildman–Crippen LogP) is 2.69. The molecule has 25 heavy (non-hydrogen) atoms. The average Bonchev–Trinajstić information content (AvgIpc) is 2.59. The Hall–Kier alpha value is -2.95. The Balaban J connectivity index is 2.30. The molecule has 0 aromatic heterocycles. The van der Waals surface area contributed by atoms with Crippen LogP contribution in [0.1, 0.15) is 24.5 Å². The van der Waals surface area contributed by atoms with Crippen LogP contribution < -0.4 is 0 Å². The third kappa shape index (κ3) is 5.57. The van der Waals surface area contributed by atoms with Crippen molar-refractivity contribution in [2.45, 2.75) is 32.4 Å². The van der Waals surface area contributed by atoms with E-state index in [1.54, 1.807) is 0 Å².